The van der Waals surface area contributed by atoms with Gasteiger partial charge in [-0.15, -0.1) is 0 Å². The van der Waals surface area contributed by atoms with E-state index in [9.17, 15) is 8.42 Å². The molecule has 118 valence electrons. The topological polar surface area (TPSA) is 136 Å². The molecular formula is C12H16N6O3S. The number of sulfone groups is 1. The van der Waals surface area contributed by atoms with Gasteiger partial charge in [0.05, 0.1) is 10.6 Å². The number of rotatable bonds is 5. The number of aromatic nitrogens is 4. The Balaban J connectivity index is 2.64. The van der Waals surface area contributed by atoms with Crippen LogP contribution in [0.4, 0.5) is 0 Å². The van der Waals surface area contributed by atoms with Gasteiger partial charge in [-0.2, -0.15) is 15.4 Å². The number of pyridine rings is 1. The Morgan fingerprint density at radius 1 is 1.36 bits per heavy atom. The third-order valence-corrected chi connectivity index (χ3v) is 3.89. The largest absolute Gasteiger partial charge is 0.394 e. The number of H-pyrrole nitrogens is 1. The molecule has 2 aromatic heterocycles. The van der Waals surface area contributed by atoms with Crippen LogP contribution in [0.2, 0.25) is 0 Å². The minimum absolute atomic E-state index is 0.0393. The van der Waals surface area contributed by atoms with E-state index in [1.807, 2.05) is 0 Å². The van der Waals surface area contributed by atoms with Gasteiger partial charge in [0.15, 0.2) is 15.7 Å². The summed E-state index contributed by atoms with van der Waals surface area (Å²) in [6, 6.07) is 2.88. The SMILES string of the molecule is CCON=C(N)c1ccc(S(C)(=O)=O)c(-c2n[nH]nc2C)n1. The Bertz CT molecular complexity index is 812. The summed E-state index contributed by atoms with van der Waals surface area (Å²) < 4.78 is 23.9. The van der Waals surface area contributed by atoms with Crippen molar-refractivity contribution in [3.63, 3.8) is 0 Å². The minimum atomic E-state index is -3.49. The summed E-state index contributed by atoms with van der Waals surface area (Å²) in [5.41, 5.74) is 7.09. The average Bonchev–Trinajstić information content (AvgIpc) is 2.89. The molecule has 2 rings (SSSR count). The molecule has 3 N–H and O–H groups in total. The zero-order chi connectivity index (χ0) is 16.3. The molecular weight excluding hydrogens is 308 g/mol. The molecule has 0 bridgehead atoms. The standard InChI is InChI=1S/C12H16N6O3S/c1-4-21-17-12(13)8-5-6-9(22(3,19)20)11(14-8)10-7(2)15-18-16-10/h5-6H,4H2,1-3H3,(H2,13,17)(H,15,16,18). The first-order valence-electron chi connectivity index (χ1n) is 6.39. The van der Waals surface area contributed by atoms with Gasteiger partial charge in [0.1, 0.15) is 23.7 Å². The van der Waals surface area contributed by atoms with E-state index >= 15 is 0 Å². The average molecular weight is 324 g/mol. The number of aryl methyl sites for hydroxylation is 1. The molecule has 0 aliphatic rings. The Morgan fingerprint density at radius 3 is 2.64 bits per heavy atom. The van der Waals surface area contributed by atoms with Crippen LogP contribution in [0.15, 0.2) is 22.2 Å². The smallest absolute Gasteiger partial charge is 0.188 e. The van der Waals surface area contributed by atoms with Crippen LogP contribution in [-0.2, 0) is 14.7 Å². The molecule has 22 heavy (non-hydrogen) atoms. The summed E-state index contributed by atoms with van der Waals surface area (Å²) in [7, 11) is -3.49. The second-order valence-electron chi connectivity index (χ2n) is 4.47. The Morgan fingerprint density at radius 2 is 2.09 bits per heavy atom. The lowest BCUT2D eigenvalue weighted by Crippen LogP contribution is -2.17. The summed E-state index contributed by atoms with van der Waals surface area (Å²) in [6.07, 6.45) is 1.10. The maximum absolute atomic E-state index is 11.9. The highest BCUT2D eigenvalue weighted by Gasteiger charge is 2.21. The Labute approximate surface area is 127 Å². The van der Waals surface area contributed by atoms with Crippen molar-refractivity contribution in [2.75, 3.05) is 12.9 Å². The molecule has 0 fully saturated rings. The highest BCUT2D eigenvalue weighted by Crippen LogP contribution is 2.25. The van der Waals surface area contributed by atoms with Crippen LogP contribution in [0.25, 0.3) is 11.4 Å². The van der Waals surface area contributed by atoms with Crippen LogP contribution in [0, 0.1) is 6.92 Å². The number of hydrogen-bond acceptors (Lipinski definition) is 7. The van der Waals surface area contributed by atoms with Crippen LogP contribution in [0.1, 0.15) is 18.3 Å². The van der Waals surface area contributed by atoms with Gasteiger partial charge in [0.25, 0.3) is 0 Å². The lowest BCUT2D eigenvalue weighted by molar-refractivity contribution is 0.158. The normalized spacial score (nSPS) is 12.4. The molecule has 0 aliphatic heterocycles. The molecule has 0 aliphatic carbocycles. The molecule has 0 saturated heterocycles. The number of nitrogens with two attached hydrogens (primary N) is 1. The van der Waals surface area contributed by atoms with Gasteiger partial charge in [0, 0.05) is 6.26 Å². The van der Waals surface area contributed by atoms with Gasteiger partial charge in [0.2, 0.25) is 0 Å². The summed E-state index contributed by atoms with van der Waals surface area (Å²) >= 11 is 0. The molecule has 0 aromatic carbocycles. The van der Waals surface area contributed by atoms with E-state index in [-0.39, 0.29) is 16.4 Å². The monoisotopic (exact) mass is 324 g/mol. The highest BCUT2D eigenvalue weighted by molar-refractivity contribution is 7.90. The maximum atomic E-state index is 11.9. The summed E-state index contributed by atoms with van der Waals surface area (Å²) in [4.78, 5) is 9.17. The summed E-state index contributed by atoms with van der Waals surface area (Å²) in [6.45, 7) is 3.81. The van der Waals surface area contributed by atoms with Gasteiger partial charge in [-0.05, 0) is 26.0 Å². The highest BCUT2D eigenvalue weighted by atomic mass is 32.2. The van der Waals surface area contributed by atoms with Crippen LogP contribution in [0.3, 0.4) is 0 Å². The third kappa shape index (κ3) is 3.22. The number of nitrogens with zero attached hydrogens (tertiary/aromatic N) is 4. The Kier molecular flexibility index (Phi) is 4.40. The van der Waals surface area contributed by atoms with E-state index in [2.05, 4.69) is 25.6 Å². The minimum Gasteiger partial charge on any atom is -0.394 e. The number of hydrogen-bond donors (Lipinski definition) is 2. The molecule has 2 aromatic rings. The van der Waals surface area contributed by atoms with Crippen LogP contribution < -0.4 is 5.73 Å². The molecule has 2 heterocycles. The molecule has 0 spiro atoms. The fourth-order valence-corrected chi connectivity index (χ4v) is 2.56. The predicted octanol–water partition coefficient (Wildman–Crippen LogP) is 0.235. The van der Waals surface area contributed by atoms with E-state index in [1.165, 1.54) is 12.1 Å². The summed E-state index contributed by atoms with van der Waals surface area (Å²) in [5, 5.41) is 14.0. The number of aromatic amines is 1. The number of nitrogens with one attached hydrogen (secondary N) is 1. The van der Waals surface area contributed by atoms with E-state index in [0.29, 0.717) is 23.7 Å². The van der Waals surface area contributed by atoms with Gasteiger partial charge in [-0.3, -0.25) is 0 Å². The van der Waals surface area contributed by atoms with Crippen molar-refractivity contribution in [3.05, 3.63) is 23.5 Å². The lowest BCUT2D eigenvalue weighted by atomic mass is 10.2. The van der Waals surface area contributed by atoms with Crippen LogP contribution in [0.5, 0.6) is 0 Å². The molecule has 0 amide bonds. The van der Waals surface area contributed by atoms with Gasteiger partial charge in [-0.1, -0.05) is 5.16 Å². The second-order valence-corrected chi connectivity index (χ2v) is 6.45. The third-order valence-electron chi connectivity index (χ3n) is 2.76. The van der Waals surface area contributed by atoms with Crippen LogP contribution in [-0.4, -0.2) is 47.5 Å². The van der Waals surface area contributed by atoms with E-state index in [0.717, 1.165) is 6.26 Å². The molecule has 0 atom stereocenters. The van der Waals surface area contributed by atoms with Crippen molar-refractivity contribution in [2.24, 2.45) is 10.9 Å². The van der Waals surface area contributed by atoms with Crippen LogP contribution >= 0.6 is 0 Å². The summed E-state index contributed by atoms with van der Waals surface area (Å²) in [5.74, 6) is 0.0456. The number of amidine groups is 1. The van der Waals surface area contributed by atoms with Crippen molar-refractivity contribution in [1.29, 1.82) is 0 Å². The van der Waals surface area contributed by atoms with Crippen molar-refractivity contribution in [1.82, 2.24) is 20.4 Å². The van der Waals surface area contributed by atoms with E-state index in [4.69, 9.17) is 10.6 Å². The first kappa shape index (κ1) is 15.9. The first-order chi connectivity index (χ1) is 10.3. The van der Waals surface area contributed by atoms with E-state index in [1.54, 1.807) is 13.8 Å². The van der Waals surface area contributed by atoms with Gasteiger partial charge in [-0.25, -0.2) is 13.4 Å². The van der Waals surface area contributed by atoms with Crippen molar-refractivity contribution in [2.45, 2.75) is 18.7 Å². The quantitative estimate of drug-likeness (QED) is 0.456. The molecule has 0 unspecified atom stereocenters. The fourth-order valence-electron chi connectivity index (χ4n) is 1.75. The molecule has 0 radical (unpaired) electrons. The van der Waals surface area contributed by atoms with Crippen molar-refractivity contribution >= 4 is 15.7 Å². The first-order valence-corrected chi connectivity index (χ1v) is 8.28. The van der Waals surface area contributed by atoms with Gasteiger partial charge < -0.3 is 10.6 Å². The zero-order valence-corrected chi connectivity index (χ0v) is 13.2. The Hall–Kier alpha value is -2.49. The fraction of sp³-hybridized carbons (Fsp3) is 0.333. The molecule has 0 saturated carbocycles. The predicted molar refractivity (Wildman–Crippen MR) is 79.8 cm³/mol. The zero-order valence-electron chi connectivity index (χ0n) is 12.4. The van der Waals surface area contributed by atoms with Crippen molar-refractivity contribution < 1.29 is 13.3 Å². The van der Waals surface area contributed by atoms with E-state index < -0.39 is 9.84 Å². The molecule has 9 nitrogen and oxygen atoms in total. The molecule has 10 heteroatoms. The number of oxime groups is 1. The van der Waals surface area contributed by atoms with Gasteiger partial charge >= 0.3 is 0 Å². The maximum Gasteiger partial charge on any atom is 0.188 e. The van der Waals surface area contributed by atoms with Crippen molar-refractivity contribution in [3.8, 4) is 11.4 Å². The lowest BCUT2D eigenvalue weighted by Gasteiger charge is -2.08. The second kappa shape index (κ2) is 6.10.